The number of nitrogens with zero attached hydrogens (tertiary/aromatic N) is 1. The Hall–Kier alpha value is -0.810. The maximum atomic E-state index is 12.1. The minimum Gasteiger partial charge on any atom is -0.316 e. The molecule has 6 heteroatoms. The standard InChI is InChI=1S/C8H9F3N2.ClH/c1-12-5-6-2-3-13-7(4-6)8(9,10)11;/h2-4,12H,5H2,1H3;1H. The molecule has 1 aromatic rings. The highest BCUT2D eigenvalue weighted by Gasteiger charge is 2.32. The summed E-state index contributed by atoms with van der Waals surface area (Å²) in [5.74, 6) is 0. The Labute approximate surface area is 85.9 Å². The largest absolute Gasteiger partial charge is 0.433 e. The summed E-state index contributed by atoms with van der Waals surface area (Å²) in [6, 6.07) is 2.59. The normalized spacial score (nSPS) is 10.9. The Morgan fingerprint density at radius 3 is 2.57 bits per heavy atom. The van der Waals surface area contributed by atoms with Crippen molar-refractivity contribution in [3.63, 3.8) is 0 Å². The molecule has 2 nitrogen and oxygen atoms in total. The van der Waals surface area contributed by atoms with Crippen molar-refractivity contribution in [1.82, 2.24) is 10.3 Å². The van der Waals surface area contributed by atoms with E-state index in [1.807, 2.05) is 0 Å². The Morgan fingerprint density at radius 2 is 2.07 bits per heavy atom. The minimum atomic E-state index is -4.36. The summed E-state index contributed by atoms with van der Waals surface area (Å²) in [5, 5.41) is 2.77. The highest BCUT2D eigenvalue weighted by molar-refractivity contribution is 5.85. The number of aromatic nitrogens is 1. The molecule has 0 bridgehead atoms. The second kappa shape index (κ2) is 5.17. The zero-order chi connectivity index (χ0) is 9.90. The van der Waals surface area contributed by atoms with Gasteiger partial charge >= 0.3 is 6.18 Å². The fraction of sp³-hybridized carbons (Fsp3) is 0.375. The van der Waals surface area contributed by atoms with Crippen molar-refractivity contribution in [2.45, 2.75) is 12.7 Å². The van der Waals surface area contributed by atoms with Crippen molar-refractivity contribution >= 4 is 12.4 Å². The van der Waals surface area contributed by atoms with Crippen molar-refractivity contribution in [2.75, 3.05) is 7.05 Å². The lowest BCUT2D eigenvalue weighted by molar-refractivity contribution is -0.141. The van der Waals surface area contributed by atoms with Crippen molar-refractivity contribution in [2.24, 2.45) is 0 Å². The molecule has 1 rings (SSSR count). The fourth-order valence-electron chi connectivity index (χ4n) is 0.943. The van der Waals surface area contributed by atoms with E-state index in [2.05, 4.69) is 10.3 Å². The predicted molar refractivity (Wildman–Crippen MR) is 49.3 cm³/mol. The van der Waals surface area contributed by atoms with Crippen LogP contribution in [0, 0.1) is 0 Å². The molecule has 80 valence electrons. The number of hydrogen-bond donors (Lipinski definition) is 1. The van der Waals surface area contributed by atoms with Crippen LogP contribution in [0.15, 0.2) is 18.3 Å². The van der Waals surface area contributed by atoms with Gasteiger partial charge in [0.1, 0.15) is 5.69 Å². The van der Waals surface area contributed by atoms with Gasteiger partial charge in [-0.25, -0.2) is 0 Å². The lowest BCUT2D eigenvalue weighted by atomic mass is 10.2. The van der Waals surface area contributed by atoms with E-state index in [1.54, 1.807) is 13.1 Å². The van der Waals surface area contributed by atoms with E-state index in [0.29, 0.717) is 12.1 Å². The molecule has 0 saturated carbocycles. The van der Waals surface area contributed by atoms with Gasteiger partial charge in [0.15, 0.2) is 0 Å². The van der Waals surface area contributed by atoms with Crippen molar-refractivity contribution < 1.29 is 13.2 Å². The van der Waals surface area contributed by atoms with Gasteiger partial charge in [-0.1, -0.05) is 0 Å². The Morgan fingerprint density at radius 1 is 1.43 bits per heavy atom. The summed E-state index contributed by atoms with van der Waals surface area (Å²) in [4.78, 5) is 3.24. The molecule has 1 N–H and O–H groups in total. The fourth-order valence-corrected chi connectivity index (χ4v) is 0.943. The summed E-state index contributed by atoms with van der Waals surface area (Å²) < 4.78 is 36.4. The number of pyridine rings is 1. The summed E-state index contributed by atoms with van der Waals surface area (Å²) in [6.45, 7) is 0.408. The van der Waals surface area contributed by atoms with Crippen LogP contribution in [0.3, 0.4) is 0 Å². The Bertz CT molecular complexity index is 288. The quantitative estimate of drug-likeness (QED) is 0.837. The summed E-state index contributed by atoms with van der Waals surface area (Å²) in [5.41, 5.74) is -0.273. The van der Waals surface area contributed by atoms with E-state index in [4.69, 9.17) is 0 Å². The van der Waals surface area contributed by atoms with Gasteiger partial charge in [-0.05, 0) is 24.7 Å². The van der Waals surface area contributed by atoms with E-state index in [9.17, 15) is 13.2 Å². The van der Waals surface area contributed by atoms with E-state index < -0.39 is 11.9 Å². The zero-order valence-electron chi connectivity index (χ0n) is 7.43. The van der Waals surface area contributed by atoms with Crippen LogP contribution in [0.1, 0.15) is 11.3 Å². The predicted octanol–water partition coefficient (Wildman–Crippen LogP) is 2.24. The lowest BCUT2D eigenvalue weighted by Gasteiger charge is -2.06. The van der Waals surface area contributed by atoms with Crippen LogP contribution in [0.5, 0.6) is 0 Å². The first kappa shape index (κ1) is 13.2. The second-order valence-corrected chi connectivity index (χ2v) is 2.58. The molecule has 14 heavy (non-hydrogen) atoms. The molecule has 0 saturated heterocycles. The maximum Gasteiger partial charge on any atom is 0.433 e. The third-order valence-corrected chi connectivity index (χ3v) is 1.50. The van der Waals surface area contributed by atoms with Gasteiger partial charge in [0.2, 0.25) is 0 Å². The van der Waals surface area contributed by atoms with Gasteiger partial charge in [0.25, 0.3) is 0 Å². The molecule has 0 radical (unpaired) electrons. The first-order chi connectivity index (χ1) is 6.04. The molecule has 0 spiro atoms. The van der Waals surface area contributed by atoms with Crippen LogP contribution in [0.4, 0.5) is 13.2 Å². The minimum absolute atomic E-state index is 0. The van der Waals surface area contributed by atoms with Crippen LogP contribution in [-0.4, -0.2) is 12.0 Å². The smallest absolute Gasteiger partial charge is 0.316 e. The van der Waals surface area contributed by atoms with Crippen LogP contribution in [-0.2, 0) is 12.7 Å². The van der Waals surface area contributed by atoms with E-state index in [-0.39, 0.29) is 12.4 Å². The highest BCUT2D eigenvalue weighted by atomic mass is 35.5. The molecule has 1 aromatic heterocycles. The molecule has 0 aliphatic heterocycles. The van der Waals surface area contributed by atoms with Gasteiger partial charge in [0, 0.05) is 12.7 Å². The number of alkyl halides is 3. The van der Waals surface area contributed by atoms with Gasteiger partial charge in [-0.2, -0.15) is 13.2 Å². The third-order valence-electron chi connectivity index (χ3n) is 1.50. The average molecular weight is 227 g/mol. The summed E-state index contributed by atoms with van der Waals surface area (Å²) in [7, 11) is 1.67. The maximum absolute atomic E-state index is 12.1. The van der Waals surface area contributed by atoms with Crippen LogP contribution in [0.2, 0.25) is 0 Å². The molecule has 0 amide bonds. The number of hydrogen-bond acceptors (Lipinski definition) is 2. The van der Waals surface area contributed by atoms with Gasteiger partial charge < -0.3 is 5.32 Å². The SMILES string of the molecule is CNCc1ccnc(C(F)(F)F)c1.Cl. The van der Waals surface area contributed by atoms with E-state index in [0.717, 1.165) is 12.3 Å². The highest BCUT2D eigenvalue weighted by Crippen LogP contribution is 2.27. The number of rotatable bonds is 2. The summed E-state index contributed by atoms with van der Waals surface area (Å²) in [6.07, 6.45) is -3.20. The molecular weight excluding hydrogens is 217 g/mol. The third kappa shape index (κ3) is 3.51. The second-order valence-electron chi connectivity index (χ2n) is 2.58. The van der Waals surface area contributed by atoms with Crippen LogP contribution >= 0.6 is 12.4 Å². The number of halogens is 4. The van der Waals surface area contributed by atoms with Gasteiger partial charge in [0.05, 0.1) is 0 Å². The molecule has 0 aliphatic rings. The number of nitrogens with one attached hydrogen (secondary N) is 1. The Kier molecular flexibility index (Phi) is 4.87. The van der Waals surface area contributed by atoms with Crippen LogP contribution < -0.4 is 5.32 Å². The van der Waals surface area contributed by atoms with E-state index in [1.165, 1.54) is 0 Å². The lowest BCUT2D eigenvalue weighted by Crippen LogP contribution is -2.10. The van der Waals surface area contributed by atoms with Gasteiger partial charge in [-0.15, -0.1) is 12.4 Å². The zero-order valence-corrected chi connectivity index (χ0v) is 8.25. The van der Waals surface area contributed by atoms with Crippen molar-refractivity contribution in [3.05, 3.63) is 29.6 Å². The van der Waals surface area contributed by atoms with Crippen molar-refractivity contribution in [3.8, 4) is 0 Å². The molecule has 0 fully saturated rings. The molecule has 0 aliphatic carbocycles. The van der Waals surface area contributed by atoms with Crippen molar-refractivity contribution in [1.29, 1.82) is 0 Å². The molecule has 0 aromatic carbocycles. The molecule has 0 atom stereocenters. The molecule has 1 heterocycles. The Balaban J connectivity index is 0.00000169. The van der Waals surface area contributed by atoms with E-state index >= 15 is 0 Å². The van der Waals surface area contributed by atoms with Gasteiger partial charge in [-0.3, -0.25) is 4.98 Å². The first-order valence-corrected chi connectivity index (χ1v) is 3.71. The average Bonchev–Trinajstić information content (AvgIpc) is 2.04. The molecule has 0 unspecified atom stereocenters. The topological polar surface area (TPSA) is 24.9 Å². The summed E-state index contributed by atoms with van der Waals surface area (Å²) >= 11 is 0. The van der Waals surface area contributed by atoms with Crippen LogP contribution in [0.25, 0.3) is 0 Å². The monoisotopic (exact) mass is 226 g/mol. The molecular formula is C8H10ClF3N2. The first-order valence-electron chi connectivity index (χ1n) is 3.71.